The van der Waals surface area contributed by atoms with E-state index in [1.807, 2.05) is 60.1 Å². The Bertz CT molecular complexity index is 217. The van der Waals surface area contributed by atoms with E-state index in [2.05, 4.69) is 0 Å². The first kappa shape index (κ1) is 16.3. The van der Waals surface area contributed by atoms with Crippen molar-refractivity contribution in [2.75, 3.05) is 0 Å². The van der Waals surface area contributed by atoms with E-state index in [1.54, 1.807) is 0 Å². The van der Waals surface area contributed by atoms with Crippen molar-refractivity contribution < 1.29 is 9.79 Å². The van der Waals surface area contributed by atoms with Gasteiger partial charge < -0.3 is 0 Å². The van der Waals surface area contributed by atoms with Crippen LogP contribution in [0.5, 0.6) is 0 Å². The second-order valence-electron chi connectivity index (χ2n) is 5.87. The van der Waals surface area contributed by atoms with Crippen molar-refractivity contribution in [2.24, 2.45) is 0 Å². The van der Waals surface area contributed by atoms with Gasteiger partial charge in [-0.3, -0.25) is 0 Å². The first-order chi connectivity index (χ1) is 6.95. The number of rotatable bonds is 5. The third kappa shape index (κ3) is 2.43. The molecule has 0 fully saturated rings. The van der Waals surface area contributed by atoms with Crippen LogP contribution in [0.3, 0.4) is 0 Å². The molecule has 0 bridgehead atoms. The van der Waals surface area contributed by atoms with Gasteiger partial charge in [0, 0.05) is 0 Å². The quantitative estimate of drug-likeness (QED) is 0.737. The molecular formula is C12H30NO2P. The van der Waals surface area contributed by atoms with E-state index in [0.717, 1.165) is 0 Å². The van der Waals surface area contributed by atoms with Crippen molar-refractivity contribution in [2.45, 2.75) is 78.8 Å². The van der Waals surface area contributed by atoms with Crippen LogP contribution in [-0.2, 0) is 0 Å². The molecule has 100 valence electrons. The van der Waals surface area contributed by atoms with Crippen LogP contribution in [0.4, 0.5) is 0 Å². The van der Waals surface area contributed by atoms with Crippen molar-refractivity contribution in [1.29, 1.82) is 0 Å². The topological polar surface area (TPSA) is 43.7 Å². The molecule has 3 nitrogen and oxygen atoms in total. The number of nitrogens with zero attached hydrogens (tertiary/aromatic N) is 1. The second kappa shape index (κ2) is 4.89. The molecule has 0 aromatic heterocycles. The monoisotopic (exact) mass is 251 g/mol. The molecule has 4 heteroatoms. The zero-order chi connectivity index (χ0) is 13.3. The standard InChI is InChI=1S/C12H30NO2P/c1-9(2)13(10(3)4)16(14,15,11(5)6)12(7)8/h9-12,14-15H,1-8H3. The second-order valence-corrected chi connectivity index (χ2v) is 10.6. The molecule has 0 radical (unpaired) electrons. The molecule has 0 amide bonds. The summed E-state index contributed by atoms with van der Waals surface area (Å²) in [5.41, 5.74) is -0.258. The van der Waals surface area contributed by atoms with Gasteiger partial charge in [-0.2, -0.15) is 0 Å². The van der Waals surface area contributed by atoms with Gasteiger partial charge in [0.25, 0.3) is 0 Å². The van der Waals surface area contributed by atoms with Crippen molar-refractivity contribution in [3.8, 4) is 0 Å². The molecule has 0 aliphatic rings. The van der Waals surface area contributed by atoms with Crippen LogP contribution < -0.4 is 0 Å². The maximum atomic E-state index is 11.0. The van der Waals surface area contributed by atoms with E-state index in [0.29, 0.717) is 0 Å². The third-order valence-corrected chi connectivity index (χ3v) is 9.35. The van der Waals surface area contributed by atoms with E-state index in [4.69, 9.17) is 0 Å². The summed E-state index contributed by atoms with van der Waals surface area (Å²) < 4.78 is 1.93. The maximum absolute atomic E-state index is 11.0. The van der Waals surface area contributed by atoms with Gasteiger partial charge in [-0.15, -0.1) is 0 Å². The molecule has 2 N–H and O–H groups in total. The molecule has 0 rings (SSSR count). The first-order valence-electron chi connectivity index (χ1n) is 6.25. The van der Waals surface area contributed by atoms with Crippen LogP contribution in [0.1, 0.15) is 55.4 Å². The minimum absolute atomic E-state index is 0.129. The molecule has 0 aromatic rings. The van der Waals surface area contributed by atoms with Gasteiger partial charge in [0.1, 0.15) is 0 Å². The predicted octanol–water partition coefficient (Wildman–Crippen LogP) is 3.20. The van der Waals surface area contributed by atoms with E-state index >= 15 is 0 Å². The Balaban J connectivity index is 5.67. The van der Waals surface area contributed by atoms with Crippen LogP contribution in [0.2, 0.25) is 0 Å². The third-order valence-electron chi connectivity index (χ3n) is 3.51. The first-order valence-corrected chi connectivity index (χ1v) is 8.48. The summed E-state index contributed by atoms with van der Waals surface area (Å²) >= 11 is 0. The zero-order valence-electron chi connectivity index (χ0n) is 12.1. The fourth-order valence-electron chi connectivity index (χ4n) is 2.67. The Morgan fingerprint density at radius 1 is 0.688 bits per heavy atom. The average molecular weight is 251 g/mol. The Morgan fingerprint density at radius 2 is 0.938 bits per heavy atom. The molecular weight excluding hydrogens is 221 g/mol. The fourth-order valence-corrected chi connectivity index (χ4v) is 6.82. The summed E-state index contributed by atoms with van der Waals surface area (Å²) in [6.07, 6.45) is 0. The van der Waals surface area contributed by atoms with Gasteiger partial charge in [-0.1, -0.05) is 0 Å². The van der Waals surface area contributed by atoms with Gasteiger partial charge in [0.05, 0.1) is 0 Å². The van der Waals surface area contributed by atoms with Gasteiger partial charge >= 0.3 is 100 Å². The van der Waals surface area contributed by atoms with Crippen molar-refractivity contribution in [3.05, 3.63) is 0 Å². The van der Waals surface area contributed by atoms with E-state index in [-0.39, 0.29) is 23.4 Å². The number of hydrogen-bond donors (Lipinski definition) is 2. The minimum atomic E-state index is -3.81. The van der Waals surface area contributed by atoms with Crippen LogP contribution in [0.15, 0.2) is 0 Å². The van der Waals surface area contributed by atoms with Gasteiger partial charge in [-0.25, -0.2) is 0 Å². The Morgan fingerprint density at radius 3 is 1.00 bits per heavy atom. The van der Waals surface area contributed by atoms with E-state index in [1.165, 1.54) is 0 Å². The predicted molar refractivity (Wildman–Crippen MR) is 73.7 cm³/mol. The summed E-state index contributed by atoms with van der Waals surface area (Å²) in [6, 6.07) is 0.273. The van der Waals surface area contributed by atoms with Gasteiger partial charge in [-0.05, 0) is 0 Å². The summed E-state index contributed by atoms with van der Waals surface area (Å²) in [6.45, 7) is 15.8. The Hall–Kier alpha value is 0.310. The number of hydrogen-bond acceptors (Lipinski definition) is 3. The summed E-state index contributed by atoms with van der Waals surface area (Å²) in [5, 5.41) is 0. The van der Waals surface area contributed by atoms with Crippen LogP contribution >= 0.6 is 7.21 Å². The van der Waals surface area contributed by atoms with Gasteiger partial charge in [0.2, 0.25) is 0 Å². The molecule has 0 aliphatic carbocycles. The molecule has 16 heavy (non-hydrogen) atoms. The molecule has 0 saturated heterocycles. The Labute approximate surface area is 101 Å². The normalized spacial score (nSPS) is 16.6. The van der Waals surface area contributed by atoms with Gasteiger partial charge in [0.15, 0.2) is 0 Å². The summed E-state index contributed by atoms with van der Waals surface area (Å²) in [7, 11) is -3.81. The Kier molecular flexibility index (Phi) is 4.99. The zero-order valence-corrected chi connectivity index (χ0v) is 13.0. The molecule has 0 aromatic carbocycles. The van der Waals surface area contributed by atoms with Crippen LogP contribution in [-0.4, -0.2) is 37.9 Å². The molecule has 0 spiro atoms. The van der Waals surface area contributed by atoms with Crippen molar-refractivity contribution >= 4 is 7.21 Å². The fraction of sp³-hybridized carbons (Fsp3) is 1.00. The molecule has 0 heterocycles. The average Bonchev–Trinajstić information content (AvgIpc) is 2.00. The van der Waals surface area contributed by atoms with Crippen molar-refractivity contribution in [3.63, 3.8) is 0 Å². The van der Waals surface area contributed by atoms with Crippen molar-refractivity contribution in [1.82, 2.24) is 4.67 Å². The van der Waals surface area contributed by atoms with E-state index in [9.17, 15) is 9.79 Å². The molecule has 0 aliphatic heterocycles. The van der Waals surface area contributed by atoms with Crippen LogP contribution in [0.25, 0.3) is 0 Å². The molecule has 0 saturated carbocycles. The van der Waals surface area contributed by atoms with Crippen LogP contribution in [0, 0.1) is 0 Å². The SMILES string of the molecule is CC(C)N(C(C)C)P(O)(O)(C(C)C)C(C)C. The summed E-state index contributed by atoms with van der Waals surface area (Å²) in [5.74, 6) is 0. The molecule has 0 unspecified atom stereocenters. The molecule has 0 atom stereocenters. The van der Waals surface area contributed by atoms with E-state index < -0.39 is 7.21 Å². The summed E-state index contributed by atoms with van der Waals surface area (Å²) in [4.78, 5) is 22.1.